The number of hydrogen-bond acceptors (Lipinski definition) is 8. The van der Waals surface area contributed by atoms with Crippen LogP contribution in [-0.2, 0) is 27.9 Å². The fourth-order valence-corrected chi connectivity index (χ4v) is 4.67. The van der Waals surface area contributed by atoms with Gasteiger partial charge in [-0.15, -0.1) is 0 Å². The van der Waals surface area contributed by atoms with Crippen LogP contribution in [0.25, 0.3) is 11.0 Å². The Bertz CT molecular complexity index is 1520. The summed E-state index contributed by atoms with van der Waals surface area (Å²) in [5.74, 6) is 0.808. The molecule has 0 aliphatic rings. The molecule has 0 saturated carbocycles. The molecule has 0 saturated heterocycles. The number of unbranched alkanes of at least 4 members (excludes halogenated alkanes) is 3. The zero-order valence-corrected chi connectivity index (χ0v) is 25.1. The minimum absolute atomic E-state index is 0.0615. The van der Waals surface area contributed by atoms with Gasteiger partial charge in [0.15, 0.2) is 0 Å². The second-order valence-corrected chi connectivity index (χ2v) is 10.2. The van der Waals surface area contributed by atoms with Gasteiger partial charge in [-0.05, 0) is 67.9 Å². The summed E-state index contributed by atoms with van der Waals surface area (Å²) in [5.41, 5.74) is 3.67. The van der Waals surface area contributed by atoms with Crippen molar-refractivity contribution in [1.29, 1.82) is 5.41 Å². The van der Waals surface area contributed by atoms with Crippen LogP contribution in [-0.4, -0.2) is 52.1 Å². The maximum atomic E-state index is 13.6. The summed E-state index contributed by atoms with van der Waals surface area (Å²) in [6.45, 7) is 5.39. The summed E-state index contributed by atoms with van der Waals surface area (Å²) >= 11 is 0. The third-order valence-corrected chi connectivity index (χ3v) is 7.08. The lowest BCUT2D eigenvalue weighted by molar-refractivity contribution is -0.142. The molecule has 0 fully saturated rings. The van der Waals surface area contributed by atoms with Crippen LogP contribution in [0.3, 0.4) is 0 Å². The van der Waals surface area contributed by atoms with E-state index < -0.39 is 0 Å². The predicted octanol–water partition coefficient (Wildman–Crippen LogP) is 6.10. The van der Waals surface area contributed by atoms with Gasteiger partial charge in [0.1, 0.15) is 11.6 Å². The lowest BCUT2D eigenvalue weighted by Gasteiger charge is -2.21. The molecule has 0 atom stereocenters. The number of rotatable bonds is 15. The zero-order valence-electron chi connectivity index (χ0n) is 25.1. The summed E-state index contributed by atoms with van der Waals surface area (Å²) in [4.78, 5) is 36.2. The Hall–Kier alpha value is -4.73. The van der Waals surface area contributed by atoms with E-state index in [0.29, 0.717) is 30.0 Å². The number of carbonyl (C=O) groups excluding carboxylic acids is 2. The molecule has 0 bridgehead atoms. The lowest BCUT2D eigenvalue weighted by Crippen LogP contribution is -2.34. The molecule has 0 aliphatic heterocycles. The number of aryl methyl sites for hydroxylation is 1. The van der Waals surface area contributed by atoms with Crippen molar-refractivity contribution in [3.05, 3.63) is 83.8 Å². The number of aromatic nitrogens is 3. The maximum Gasteiger partial charge on any atom is 0.307 e. The first-order valence-electron chi connectivity index (χ1n) is 14.8. The van der Waals surface area contributed by atoms with E-state index in [2.05, 4.69) is 17.2 Å². The molecular formula is C33H40N6O4. The highest BCUT2D eigenvalue weighted by Gasteiger charge is 2.21. The van der Waals surface area contributed by atoms with Gasteiger partial charge in [0.25, 0.3) is 5.91 Å². The molecule has 4 rings (SSSR count). The second kappa shape index (κ2) is 15.5. The molecule has 10 nitrogen and oxygen atoms in total. The van der Waals surface area contributed by atoms with Crippen LogP contribution < -0.4 is 10.2 Å². The van der Waals surface area contributed by atoms with Crippen LogP contribution in [0.2, 0.25) is 0 Å². The number of amides is 1. The van der Waals surface area contributed by atoms with Gasteiger partial charge in [-0.3, -0.25) is 19.9 Å². The van der Waals surface area contributed by atoms with Gasteiger partial charge in [-0.2, -0.15) is 0 Å². The van der Waals surface area contributed by atoms with Crippen molar-refractivity contribution in [2.75, 3.05) is 30.0 Å². The molecule has 2 heterocycles. The van der Waals surface area contributed by atoms with E-state index in [1.807, 2.05) is 41.9 Å². The molecule has 1 amide bonds. The number of carbonyl (C=O) groups is 2. The smallest absolute Gasteiger partial charge is 0.307 e. The Morgan fingerprint density at radius 2 is 1.77 bits per heavy atom. The molecule has 0 radical (unpaired) electrons. The quantitative estimate of drug-likeness (QED) is 0.0749. The zero-order chi connectivity index (χ0) is 30.6. The number of nitrogens with zero attached hydrogens (tertiary/aromatic N) is 4. The summed E-state index contributed by atoms with van der Waals surface area (Å²) in [5, 5.41) is 11.6. The van der Waals surface area contributed by atoms with Gasteiger partial charge in [0.2, 0.25) is 5.90 Å². The van der Waals surface area contributed by atoms with Crippen molar-refractivity contribution >= 4 is 40.3 Å². The summed E-state index contributed by atoms with van der Waals surface area (Å²) in [6, 6.07) is 18.3. The van der Waals surface area contributed by atoms with E-state index in [9.17, 15) is 9.59 Å². The lowest BCUT2D eigenvalue weighted by atomic mass is 10.1. The third-order valence-electron chi connectivity index (χ3n) is 7.08. The van der Waals surface area contributed by atoms with Crippen LogP contribution in [0, 0.1) is 5.41 Å². The standard InChI is InChI=1S/C33H40N6O4/c1-4-6-7-10-21-43-32(34)24-12-15-26(16-13-24)36-23-30-37-27-22-25(14-17-28(27)38(30)3)33(41)39(20-18-31(40)42-5-2)29-11-8-9-19-35-29/h8-9,11-17,19,22,34,36H,4-7,10,18,20-21,23H2,1-3H3. The molecule has 43 heavy (non-hydrogen) atoms. The van der Waals surface area contributed by atoms with Crippen molar-refractivity contribution < 1.29 is 19.1 Å². The molecule has 4 aromatic rings. The van der Waals surface area contributed by atoms with Gasteiger partial charge < -0.3 is 19.4 Å². The minimum atomic E-state index is -0.368. The van der Waals surface area contributed by atoms with Crippen molar-refractivity contribution in [2.45, 2.75) is 52.5 Å². The number of pyridine rings is 1. The SMILES string of the molecule is CCCCCCOC(=N)c1ccc(NCc2nc3cc(C(=O)N(CCC(=O)OCC)c4ccccn4)ccc3n2C)cc1. The Morgan fingerprint density at radius 3 is 2.49 bits per heavy atom. The Balaban J connectivity index is 1.42. The molecule has 0 unspecified atom stereocenters. The van der Waals surface area contributed by atoms with Crippen molar-refractivity contribution in [3.8, 4) is 0 Å². The number of benzene rings is 2. The first-order valence-corrected chi connectivity index (χ1v) is 14.8. The van der Waals surface area contributed by atoms with E-state index in [1.165, 1.54) is 17.7 Å². The Morgan fingerprint density at radius 1 is 0.977 bits per heavy atom. The van der Waals surface area contributed by atoms with Crippen molar-refractivity contribution in [3.63, 3.8) is 0 Å². The normalized spacial score (nSPS) is 10.9. The Kier molecular flexibility index (Phi) is 11.2. The first-order chi connectivity index (χ1) is 20.9. The number of hydrogen-bond donors (Lipinski definition) is 2. The molecule has 2 N–H and O–H groups in total. The average molecular weight is 585 g/mol. The highest BCUT2D eigenvalue weighted by Crippen LogP contribution is 2.21. The summed E-state index contributed by atoms with van der Waals surface area (Å²) in [7, 11) is 1.94. The van der Waals surface area contributed by atoms with Gasteiger partial charge in [0.05, 0.1) is 37.2 Å². The number of imidazole rings is 1. The fourth-order valence-electron chi connectivity index (χ4n) is 4.67. The van der Waals surface area contributed by atoms with Crippen molar-refractivity contribution in [1.82, 2.24) is 14.5 Å². The molecule has 2 aromatic heterocycles. The topological polar surface area (TPSA) is 122 Å². The number of esters is 1. The molecular weight excluding hydrogens is 544 g/mol. The van der Waals surface area contributed by atoms with E-state index in [1.54, 1.807) is 43.5 Å². The second-order valence-electron chi connectivity index (χ2n) is 10.2. The molecule has 0 spiro atoms. The van der Waals surface area contributed by atoms with Gasteiger partial charge in [-0.1, -0.05) is 32.3 Å². The minimum Gasteiger partial charge on any atom is -0.478 e. The van der Waals surface area contributed by atoms with Crippen LogP contribution in [0.1, 0.15) is 67.7 Å². The van der Waals surface area contributed by atoms with E-state index >= 15 is 0 Å². The monoisotopic (exact) mass is 584 g/mol. The summed E-state index contributed by atoms with van der Waals surface area (Å²) < 4.78 is 12.6. The predicted molar refractivity (Wildman–Crippen MR) is 169 cm³/mol. The van der Waals surface area contributed by atoms with Gasteiger partial charge >= 0.3 is 5.97 Å². The van der Waals surface area contributed by atoms with E-state index in [0.717, 1.165) is 35.4 Å². The van der Waals surface area contributed by atoms with Crippen LogP contribution in [0.4, 0.5) is 11.5 Å². The number of fused-ring (bicyclic) bond motifs is 1. The van der Waals surface area contributed by atoms with Crippen LogP contribution in [0.15, 0.2) is 66.9 Å². The molecule has 226 valence electrons. The highest BCUT2D eigenvalue weighted by molar-refractivity contribution is 6.07. The average Bonchev–Trinajstić information content (AvgIpc) is 3.35. The molecule has 10 heteroatoms. The van der Waals surface area contributed by atoms with Gasteiger partial charge in [0, 0.05) is 36.6 Å². The van der Waals surface area contributed by atoms with Crippen molar-refractivity contribution in [2.24, 2.45) is 7.05 Å². The summed E-state index contributed by atoms with van der Waals surface area (Å²) in [6.07, 6.45) is 6.11. The number of nitrogens with one attached hydrogen (secondary N) is 2. The van der Waals surface area contributed by atoms with E-state index in [4.69, 9.17) is 19.9 Å². The number of anilines is 2. The van der Waals surface area contributed by atoms with Crippen LogP contribution >= 0.6 is 0 Å². The molecule has 2 aromatic carbocycles. The van der Waals surface area contributed by atoms with Gasteiger partial charge in [-0.25, -0.2) is 9.97 Å². The Labute approximate surface area is 252 Å². The maximum absolute atomic E-state index is 13.6. The molecule has 0 aliphatic carbocycles. The number of ether oxygens (including phenoxy) is 2. The third kappa shape index (κ3) is 8.41. The van der Waals surface area contributed by atoms with E-state index in [-0.39, 0.29) is 37.3 Å². The highest BCUT2D eigenvalue weighted by atomic mass is 16.5. The fraction of sp³-hybridized carbons (Fsp3) is 0.364. The van der Waals surface area contributed by atoms with Crippen LogP contribution in [0.5, 0.6) is 0 Å². The largest absolute Gasteiger partial charge is 0.478 e. The first kappa shape index (κ1) is 31.2.